The maximum atomic E-state index is 12.8. The summed E-state index contributed by atoms with van der Waals surface area (Å²) in [5.41, 5.74) is 3.46. The number of nitrogens with zero attached hydrogens (tertiary/aromatic N) is 1. The molecule has 0 spiro atoms. The standard InChI is InChI=1S/C22H27N3O5/c1-12-17(20(27)29-10-9-28-6)13(2)23-18(12)19(26)24-14-7-8-16-15(11-14)25-21(30-16)22(3,4)5/h7-8,11,23H,9-10H2,1-6H3,(H,24,26). The van der Waals surface area contributed by atoms with Gasteiger partial charge in [0.15, 0.2) is 5.58 Å². The van der Waals surface area contributed by atoms with Gasteiger partial charge in [-0.2, -0.15) is 0 Å². The third-order valence-electron chi connectivity index (χ3n) is 4.68. The fraction of sp³-hybridized carbons (Fsp3) is 0.409. The molecule has 0 radical (unpaired) electrons. The number of hydrogen-bond acceptors (Lipinski definition) is 6. The number of carbonyl (C=O) groups excluding carboxylic acids is 2. The topological polar surface area (TPSA) is 106 Å². The number of aryl methyl sites for hydroxylation is 1. The third kappa shape index (κ3) is 4.38. The van der Waals surface area contributed by atoms with Gasteiger partial charge in [0, 0.05) is 23.9 Å². The molecule has 30 heavy (non-hydrogen) atoms. The number of carbonyl (C=O) groups is 2. The first-order valence-electron chi connectivity index (χ1n) is 9.69. The van der Waals surface area contributed by atoms with E-state index in [1.165, 1.54) is 7.11 Å². The average Bonchev–Trinajstić information content (AvgIpc) is 3.22. The Bertz CT molecular complexity index is 1090. The van der Waals surface area contributed by atoms with Crippen molar-refractivity contribution in [2.24, 2.45) is 0 Å². The molecule has 0 bridgehead atoms. The number of nitrogens with one attached hydrogen (secondary N) is 2. The third-order valence-corrected chi connectivity index (χ3v) is 4.68. The highest BCUT2D eigenvalue weighted by Crippen LogP contribution is 2.28. The van der Waals surface area contributed by atoms with E-state index in [0.717, 1.165) is 0 Å². The minimum Gasteiger partial charge on any atom is -0.460 e. The summed E-state index contributed by atoms with van der Waals surface area (Å²) in [4.78, 5) is 32.7. The molecule has 2 aromatic heterocycles. The summed E-state index contributed by atoms with van der Waals surface area (Å²) in [6, 6.07) is 5.29. The monoisotopic (exact) mass is 413 g/mol. The van der Waals surface area contributed by atoms with Gasteiger partial charge in [0.25, 0.3) is 5.91 Å². The van der Waals surface area contributed by atoms with E-state index in [1.54, 1.807) is 32.0 Å². The van der Waals surface area contributed by atoms with Gasteiger partial charge in [-0.25, -0.2) is 9.78 Å². The molecule has 1 amide bonds. The highest BCUT2D eigenvalue weighted by atomic mass is 16.6. The van der Waals surface area contributed by atoms with Crippen LogP contribution in [-0.4, -0.2) is 42.2 Å². The first kappa shape index (κ1) is 21.6. The molecule has 3 aromatic rings. The molecule has 0 unspecified atom stereocenters. The van der Waals surface area contributed by atoms with Gasteiger partial charge in [0.05, 0.1) is 12.2 Å². The van der Waals surface area contributed by atoms with Gasteiger partial charge >= 0.3 is 5.97 Å². The number of aromatic nitrogens is 2. The van der Waals surface area contributed by atoms with Crippen molar-refractivity contribution in [3.63, 3.8) is 0 Å². The summed E-state index contributed by atoms with van der Waals surface area (Å²) >= 11 is 0. The van der Waals surface area contributed by atoms with E-state index in [9.17, 15) is 9.59 Å². The van der Waals surface area contributed by atoms with Crippen LogP contribution in [0.5, 0.6) is 0 Å². The number of rotatable bonds is 6. The summed E-state index contributed by atoms with van der Waals surface area (Å²) in [5, 5.41) is 2.85. The van der Waals surface area contributed by atoms with Crippen LogP contribution in [0.25, 0.3) is 11.1 Å². The van der Waals surface area contributed by atoms with Crippen molar-refractivity contribution in [3.05, 3.63) is 46.6 Å². The quantitative estimate of drug-likeness (QED) is 0.465. The van der Waals surface area contributed by atoms with E-state index < -0.39 is 5.97 Å². The Morgan fingerprint density at radius 1 is 1.20 bits per heavy atom. The lowest BCUT2D eigenvalue weighted by atomic mass is 9.97. The minimum atomic E-state index is -0.490. The summed E-state index contributed by atoms with van der Waals surface area (Å²) in [6.07, 6.45) is 0. The number of amides is 1. The van der Waals surface area contributed by atoms with Gasteiger partial charge in [-0.15, -0.1) is 0 Å². The maximum Gasteiger partial charge on any atom is 0.340 e. The second-order valence-electron chi connectivity index (χ2n) is 8.16. The molecule has 0 aliphatic rings. The number of benzene rings is 1. The second-order valence-corrected chi connectivity index (χ2v) is 8.16. The van der Waals surface area contributed by atoms with E-state index in [-0.39, 0.29) is 17.9 Å². The largest absolute Gasteiger partial charge is 0.460 e. The van der Waals surface area contributed by atoms with Gasteiger partial charge in [-0.05, 0) is 37.6 Å². The van der Waals surface area contributed by atoms with Crippen LogP contribution in [0.2, 0.25) is 0 Å². The van der Waals surface area contributed by atoms with Crippen molar-refractivity contribution in [3.8, 4) is 0 Å². The normalized spacial score (nSPS) is 11.7. The Morgan fingerprint density at radius 3 is 2.60 bits per heavy atom. The van der Waals surface area contributed by atoms with Gasteiger partial charge in [0.2, 0.25) is 5.89 Å². The molecule has 2 N–H and O–H groups in total. The van der Waals surface area contributed by atoms with Crippen molar-refractivity contribution < 1.29 is 23.5 Å². The first-order chi connectivity index (χ1) is 14.1. The number of ether oxygens (including phenoxy) is 2. The average molecular weight is 413 g/mol. The zero-order chi connectivity index (χ0) is 22.1. The summed E-state index contributed by atoms with van der Waals surface area (Å²) in [5.74, 6) is -0.213. The highest BCUT2D eigenvalue weighted by molar-refractivity contribution is 6.07. The molecule has 8 heteroatoms. The molecular formula is C22H27N3O5. The lowest BCUT2D eigenvalue weighted by molar-refractivity contribution is 0.0387. The molecule has 8 nitrogen and oxygen atoms in total. The Hall–Kier alpha value is -3.13. The van der Waals surface area contributed by atoms with Crippen LogP contribution >= 0.6 is 0 Å². The van der Waals surface area contributed by atoms with Gasteiger partial charge in [0.1, 0.15) is 17.8 Å². The number of esters is 1. The van der Waals surface area contributed by atoms with Crippen LogP contribution in [0.1, 0.15) is 58.8 Å². The molecule has 0 aliphatic heterocycles. The molecule has 160 valence electrons. The van der Waals surface area contributed by atoms with Crippen molar-refractivity contribution in [1.29, 1.82) is 0 Å². The SMILES string of the molecule is COCCOC(=O)c1c(C)[nH]c(C(=O)Nc2ccc3oc(C(C)(C)C)nc3c2)c1C. The van der Waals surface area contributed by atoms with Gasteiger partial charge in [-0.1, -0.05) is 20.8 Å². The van der Waals surface area contributed by atoms with E-state index in [4.69, 9.17) is 13.9 Å². The fourth-order valence-corrected chi connectivity index (χ4v) is 3.09. The number of oxazole rings is 1. The van der Waals surface area contributed by atoms with Crippen LogP contribution in [0.3, 0.4) is 0 Å². The van der Waals surface area contributed by atoms with E-state index in [1.807, 2.05) is 20.8 Å². The summed E-state index contributed by atoms with van der Waals surface area (Å²) in [7, 11) is 1.53. The van der Waals surface area contributed by atoms with Crippen molar-refractivity contribution >= 4 is 28.7 Å². The van der Waals surface area contributed by atoms with Crippen LogP contribution in [-0.2, 0) is 14.9 Å². The van der Waals surface area contributed by atoms with Crippen LogP contribution < -0.4 is 5.32 Å². The van der Waals surface area contributed by atoms with E-state index >= 15 is 0 Å². The summed E-state index contributed by atoms with van der Waals surface area (Å²) < 4.78 is 15.9. The highest BCUT2D eigenvalue weighted by Gasteiger charge is 2.24. The number of methoxy groups -OCH3 is 1. The summed E-state index contributed by atoms with van der Waals surface area (Å²) in [6.45, 7) is 9.96. The molecule has 0 atom stereocenters. The predicted octanol–water partition coefficient (Wildman–Crippen LogP) is 4.13. The lowest BCUT2D eigenvalue weighted by Crippen LogP contribution is -2.14. The van der Waals surface area contributed by atoms with Crippen LogP contribution in [0.15, 0.2) is 22.6 Å². The van der Waals surface area contributed by atoms with Crippen molar-refractivity contribution in [2.75, 3.05) is 25.6 Å². The molecule has 2 heterocycles. The smallest absolute Gasteiger partial charge is 0.340 e. The molecule has 0 aliphatic carbocycles. The number of H-pyrrole nitrogens is 1. The Morgan fingerprint density at radius 2 is 1.93 bits per heavy atom. The first-order valence-corrected chi connectivity index (χ1v) is 9.69. The minimum absolute atomic E-state index is 0.148. The predicted molar refractivity (Wildman–Crippen MR) is 113 cm³/mol. The zero-order valence-corrected chi connectivity index (χ0v) is 18.1. The molecule has 3 rings (SSSR count). The van der Waals surface area contributed by atoms with E-state index in [2.05, 4.69) is 15.3 Å². The van der Waals surface area contributed by atoms with Crippen LogP contribution in [0.4, 0.5) is 5.69 Å². The molecule has 0 saturated carbocycles. The van der Waals surface area contributed by atoms with Gasteiger partial charge in [-0.3, -0.25) is 4.79 Å². The number of anilines is 1. The maximum absolute atomic E-state index is 12.8. The lowest BCUT2D eigenvalue weighted by Gasteiger charge is -2.11. The second kappa shape index (κ2) is 8.31. The zero-order valence-electron chi connectivity index (χ0n) is 18.1. The number of fused-ring (bicyclic) bond motifs is 1. The van der Waals surface area contributed by atoms with Crippen molar-refractivity contribution in [1.82, 2.24) is 9.97 Å². The molecule has 0 fully saturated rings. The Kier molecular flexibility index (Phi) is 5.98. The molecule has 1 aromatic carbocycles. The Labute approximate surface area is 175 Å². The molecular weight excluding hydrogens is 386 g/mol. The fourth-order valence-electron chi connectivity index (χ4n) is 3.09. The Balaban J connectivity index is 1.80. The number of hydrogen-bond donors (Lipinski definition) is 2. The van der Waals surface area contributed by atoms with Crippen LogP contribution in [0, 0.1) is 13.8 Å². The van der Waals surface area contributed by atoms with Gasteiger partial charge < -0.3 is 24.2 Å². The molecule has 0 saturated heterocycles. The number of aromatic amines is 1. The van der Waals surface area contributed by atoms with E-state index in [0.29, 0.717) is 51.8 Å². The van der Waals surface area contributed by atoms with Crippen molar-refractivity contribution in [2.45, 2.75) is 40.0 Å².